The predicted molar refractivity (Wildman–Crippen MR) is 60.4 cm³/mol. The molecule has 1 fully saturated rings. The molecule has 0 spiro atoms. The van der Waals surface area contributed by atoms with Crippen LogP contribution in [0.25, 0.3) is 0 Å². The molecule has 82 valence electrons. The smallest absolute Gasteiger partial charge is 0.140 e. The number of ether oxygens (including phenoxy) is 1. The van der Waals surface area contributed by atoms with E-state index in [1.807, 2.05) is 6.07 Å². The van der Waals surface area contributed by atoms with Crippen LogP contribution in [-0.4, -0.2) is 25.8 Å². The van der Waals surface area contributed by atoms with Gasteiger partial charge in [-0.2, -0.15) is 0 Å². The Hall–Kier alpha value is -0.450. The second-order valence-corrected chi connectivity index (χ2v) is 4.73. The van der Waals surface area contributed by atoms with Crippen LogP contribution in [0.1, 0.15) is 5.56 Å². The van der Waals surface area contributed by atoms with Crippen LogP contribution >= 0.6 is 15.9 Å². The first-order valence-corrected chi connectivity index (χ1v) is 5.65. The van der Waals surface area contributed by atoms with E-state index in [0.29, 0.717) is 16.5 Å². The Balaban J connectivity index is 2.20. The van der Waals surface area contributed by atoms with Gasteiger partial charge >= 0.3 is 0 Å². The van der Waals surface area contributed by atoms with Crippen LogP contribution in [0.5, 0.6) is 0 Å². The molecule has 0 aromatic heterocycles. The zero-order chi connectivity index (χ0) is 10.9. The molecule has 0 aliphatic carbocycles. The van der Waals surface area contributed by atoms with E-state index < -0.39 is 0 Å². The monoisotopic (exact) mass is 273 g/mol. The van der Waals surface area contributed by atoms with Crippen molar-refractivity contribution in [1.82, 2.24) is 5.32 Å². The van der Waals surface area contributed by atoms with E-state index in [9.17, 15) is 4.39 Å². The SMILES string of the molecule is COC1(Cc2cccc(Br)c2F)CNC1. The largest absolute Gasteiger partial charge is 0.375 e. The molecule has 0 atom stereocenters. The van der Waals surface area contributed by atoms with Crippen LogP contribution in [0.3, 0.4) is 0 Å². The molecular weight excluding hydrogens is 261 g/mol. The minimum atomic E-state index is -0.221. The summed E-state index contributed by atoms with van der Waals surface area (Å²) in [4.78, 5) is 0. The summed E-state index contributed by atoms with van der Waals surface area (Å²) in [6.45, 7) is 1.57. The van der Waals surface area contributed by atoms with Crippen molar-refractivity contribution in [3.8, 4) is 0 Å². The normalized spacial score (nSPS) is 18.6. The van der Waals surface area contributed by atoms with Gasteiger partial charge in [0.1, 0.15) is 5.82 Å². The van der Waals surface area contributed by atoms with Crippen molar-refractivity contribution >= 4 is 15.9 Å². The minimum absolute atomic E-state index is 0.180. The molecule has 1 N–H and O–H groups in total. The molecule has 2 nitrogen and oxygen atoms in total. The predicted octanol–water partition coefficient (Wildman–Crippen LogP) is 2.12. The molecule has 0 saturated carbocycles. The number of halogens is 2. The highest BCUT2D eigenvalue weighted by Gasteiger charge is 2.37. The van der Waals surface area contributed by atoms with Crippen LogP contribution in [0, 0.1) is 5.82 Å². The van der Waals surface area contributed by atoms with Gasteiger partial charge in [0.15, 0.2) is 0 Å². The van der Waals surface area contributed by atoms with Gasteiger partial charge in [-0.05, 0) is 27.6 Å². The number of hydrogen-bond acceptors (Lipinski definition) is 2. The first kappa shape index (κ1) is 11.0. The van der Waals surface area contributed by atoms with Gasteiger partial charge in [-0.15, -0.1) is 0 Å². The molecule has 0 amide bonds. The van der Waals surface area contributed by atoms with Crippen LogP contribution in [-0.2, 0) is 11.2 Å². The molecule has 2 rings (SSSR count). The Labute approximate surface area is 96.9 Å². The number of benzene rings is 1. The van der Waals surface area contributed by atoms with Gasteiger partial charge in [-0.25, -0.2) is 4.39 Å². The summed E-state index contributed by atoms with van der Waals surface area (Å²) in [6, 6.07) is 5.36. The highest BCUT2D eigenvalue weighted by molar-refractivity contribution is 9.10. The summed E-state index contributed by atoms with van der Waals surface area (Å²) in [5.41, 5.74) is 0.481. The van der Waals surface area contributed by atoms with Crippen molar-refractivity contribution < 1.29 is 9.13 Å². The van der Waals surface area contributed by atoms with Crippen LogP contribution < -0.4 is 5.32 Å². The Morgan fingerprint density at radius 1 is 1.53 bits per heavy atom. The summed E-state index contributed by atoms with van der Waals surface area (Å²) in [5.74, 6) is -0.180. The fourth-order valence-corrected chi connectivity index (χ4v) is 2.18. The van der Waals surface area contributed by atoms with E-state index in [4.69, 9.17) is 4.74 Å². The topological polar surface area (TPSA) is 21.3 Å². The van der Waals surface area contributed by atoms with Gasteiger partial charge in [0.25, 0.3) is 0 Å². The molecule has 1 aromatic carbocycles. The lowest BCUT2D eigenvalue weighted by Gasteiger charge is -2.41. The number of rotatable bonds is 3. The Bertz CT molecular complexity index is 360. The van der Waals surface area contributed by atoms with E-state index in [1.165, 1.54) is 0 Å². The van der Waals surface area contributed by atoms with E-state index in [0.717, 1.165) is 13.1 Å². The standard InChI is InChI=1S/C11H13BrFNO/c1-15-11(6-14-7-11)5-8-3-2-4-9(12)10(8)13/h2-4,14H,5-7H2,1H3. The van der Waals surface area contributed by atoms with Crippen LogP contribution in [0.4, 0.5) is 4.39 Å². The van der Waals surface area contributed by atoms with Gasteiger partial charge in [0, 0.05) is 26.6 Å². The fourth-order valence-electron chi connectivity index (χ4n) is 1.78. The summed E-state index contributed by atoms with van der Waals surface area (Å²) in [7, 11) is 1.68. The second kappa shape index (κ2) is 4.20. The molecular formula is C11H13BrFNO. The van der Waals surface area contributed by atoms with Gasteiger partial charge in [0.2, 0.25) is 0 Å². The number of hydrogen-bond donors (Lipinski definition) is 1. The average molecular weight is 274 g/mol. The fraction of sp³-hybridized carbons (Fsp3) is 0.455. The molecule has 0 radical (unpaired) electrons. The van der Waals surface area contributed by atoms with E-state index in [1.54, 1.807) is 19.2 Å². The molecule has 0 bridgehead atoms. The summed E-state index contributed by atoms with van der Waals surface area (Å²) < 4.78 is 19.6. The maximum Gasteiger partial charge on any atom is 0.140 e. The third-order valence-electron chi connectivity index (χ3n) is 2.87. The van der Waals surface area contributed by atoms with Crippen LogP contribution in [0.15, 0.2) is 22.7 Å². The zero-order valence-electron chi connectivity index (χ0n) is 8.52. The Morgan fingerprint density at radius 2 is 2.27 bits per heavy atom. The second-order valence-electron chi connectivity index (χ2n) is 3.88. The Kier molecular flexibility index (Phi) is 3.09. The first-order valence-electron chi connectivity index (χ1n) is 4.86. The maximum absolute atomic E-state index is 13.7. The molecule has 1 heterocycles. The van der Waals surface area contributed by atoms with Crippen molar-refractivity contribution in [3.63, 3.8) is 0 Å². The highest BCUT2D eigenvalue weighted by Crippen LogP contribution is 2.26. The van der Waals surface area contributed by atoms with Crippen LogP contribution in [0.2, 0.25) is 0 Å². The molecule has 0 unspecified atom stereocenters. The van der Waals surface area contributed by atoms with Crippen molar-refractivity contribution in [2.45, 2.75) is 12.0 Å². The molecule has 1 saturated heterocycles. The molecule has 4 heteroatoms. The van der Waals surface area contributed by atoms with E-state index in [-0.39, 0.29) is 11.4 Å². The van der Waals surface area contributed by atoms with Gasteiger partial charge in [-0.1, -0.05) is 12.1 Å². The van der Waals surface area contributed by atoms with Gasteiger partial charge in [-0.3, -0.25) is 0 Å². The quantitative estimate of drug-likeness (QED) is 0.911. The van der Waals surface area contributed by atoms with Crippen molar-refractivity contribution in [1.29, 1.82) is 0 Å². The van der Waals surface area contributed by atoms with Crippen molar-refractivity contribution in [3.05, 3.63) is 34.1 Å². The minimum Gasteiger partial charge on any atom is -0.375 e. The highest BCUT2D eigenvalue weighted by atomic mass is 79.9. The van der Waals surface area contributed by atoms with Crippen molar-refractivity contribution in [2.24, 2.45) is 0 Å². The Morgan fingerprint density at radius 3 is 2.80 bits per heavy atom. The molecule has 1 aliphatic rings. The third-order valence-corrected chi connectivity index (χ3v) is 3.48. The van der Waals surface area contributed by atoms with Crippen molar-refractivity contribution in [2.75, 3.05) is 20.2 Å². The summed E-state index contributed by atoms with van der Waals surface area (Å²) in [5, 5.41) is 3.15. The number of nitrogens with one attached hydrogen (secondary N) is 1. The maximum atomic E-state index is 13.7. The van der Waals surface area contributed by atoms with Gasteiger partial charge in [0.05, 0.1) is 10.1 Å². The average Bonchev–Trinajstić information content (AvgIpc) is 2.18. The zero-order valence-corrected chi connectivity index (χ0v) is 10.1. The molecule has 1 aliphatic heterocycles. The van der Waals surface area contributed by atoms with E-state index >= 15 is 0 Å². The third kappa shape index (κ3) is 2.07. The molecule has 15 heavy (non-hydrogen) atoms. The number of methoxy groups -OCH3 is 1. The van der Waals surface area contributed by atoms with E-state index in [2.05, 4.69) is 21.2 Å². The lowest BCUT2D eigenvalue weighted by molar-refractivity contribution is -0.0507. The summed E-state index contributed by atoms with van der Waals surface area (Å²) in [6.07, 6.45) is 0.613. The molecule has 1 aromatic rings. The lowest BCUT2D eigenvalue weighted by Crippen LogP contribution is -2.62. The summed E-state index contributed by atoms with van der Waals surface area (Å²) >= 11 is 3.18. The first-order chi connectivity index (χ1) is 7.17. The van der Waals surface area contributed by atoms with Gasteiger partial charge < -0.3 is 10.1 Å². The lowest BCUT2D eigenvalue weighted by atomic mass is 9.88.